The number of ether oxygens (including phenoxy) is 1. The molecule has 1 aromatic carbocycles. The molecule has 1 atom stereocenters. The molecule has 0 spiro atoms. The second-order valence-corrected chi connectivity index (χ2v) is 6.80. The number of carbonyl (C=O) groups excluding carboxylic acids is 1. The molecule has 1 amide bonds. The van der Waals surface area contributed by atoms with Gasteiger partial charge in [0.2, 0.25) is 11.8 Å². The Labute approximate surface area is 152 Å². The van der Waals surface area contributed by atoms with Crippen LogP contribution in [0.15, 0.2) is 42.6 Å². The van der Waals surface area contributed by atoms with E-state index in [2.05, 4.69) is 10.3 Å². The van der Waals surface area contributed by atoms with Crippen LogP contribution in [0, 0.1) is 5.92 Å². The number of carbonyl (C=O) groups is 1. The number of pyridine rings is 1. The van der Waals surface area contributed by atoms with Crippen molar-refractivity contribution >= 4 is 17.5 Å². The maximum atomic E-state index is 12.5. The minimum Gasteiger partial charge on any atom is -0.481 e. The van der Waals surface area contributed by atoms with Crippen LogP contribution < -0.4 is 10.1 Å². The molecule has 5 nitrogen and oxygen atoms in total. The first-order valence-corrected chi connectivity index (χ1v) is 8.64. The average Bonchev–Trinajstić information content (AvgIpc) is 2.59. The number of aliphatic hydroxyl groups excluding tert-OH is 1. The summed E-state index contributed by atoms with van der Waals surface area (Å²) in [5.41, 5.74) is 1.82. The van der Waals surface area contributed by atoms with Crippen LogP contribution in [0.4, 0.5) is 0 Å². The zero-order valence-electron chi connectivity index (χ0n) is 14.0. The quantitative estimate of drug-likeness (QED) is 0.830. The fraction of sp³-hybridized carbons (Fsp3) is 0.368. The van der Waals surface area contributed by atoms with Gasteiger partial charge in [-0.3, -0.25) is 4.79 Å². The number of aliphatic hydroxyl groups is 1. The first kappa shape index (κ1) is 17.7. The predicted molar refractivity (Wildman–Crippen MR) is 95.6 cm³/mol. The van der Waals surface area contributed by atoms with Crippen molar-refractivity contribution in [1.29, 1.82) is 0 Å². The highest BCUT2D eigenvalue weighted by molar-refractivity contribution is 6.30. The highest BCUT2D eigenvalue weighted by atomic mass is 35.5. The molecule has 1 aliphatic carbocycles. The van der Waals surface area contributed by atoms with Crippen LogP contribution >= 0.6 is 11.6 Å². The van der Waals surface area contributed by atoms with E-state index in [0.29, 0.717) is 23.7 Å². The van der Waals surface area contributed by atoms with Crippen LogP contribution in [0.3, 0.4) is 0 Å². The van der Waals surface area contributed by atoms with Gasteiger partial charge in [-0.1, -0.05) is 29.8 Å². The van der Waals surface area contributed by atoms with Crippen LogP contribution in [-0.2, 0) is 11.2 Å². The zero-order chi connectivity index (χ0) is 17.8. The summed E-state index contributed by atoms with van der Waals surface area (Å²) in [5.74, 6) is 0.674. The van der Waals surface area contributed by atoms with Crippen molar-refractivity contribution in [2.24, 2.45) is 5.92 Å². The monoisotopic (exact) mass is 360 g/mol. The molecule has 1 fully saturated rings. The molecule has 0 saturated heterocycles. The van der Waals surface area contributed by atoms with Crippen molar-refractivity contribution in [2.75, 3.05) is 7.11 Å². The van der Waals surface area contributed by atoms with Gasteiger partial charge >= 0.3 is 0 Å². The van der Waals surface area contributed by atoms with Crippen molar-refractivity contribution in [3.8, 4) is 5.88 Å². The summed E-state index contributed by atoms with van der Waals surface area (Å²) in [7, 11) is 1.57. The Balaban J connectivity index is 1.70. The third-order valence-electron chi connectivity index (χ3n) is 4.54. The summed E-state index contributed by atoms with van der Waals surface area (Å²) in [5, 5.41) is 13.4. The van der Waals surface area contributed by atoms with E-state index in [4.69, 9.17) is 16.3 Å². The van der Waals surface area contributed by atoms with Crippen LogP contribution in [0.5, 0.6) is 5.88 Å². The number of nitrogens with zero attached hydrogens (tertiary/aromatic N) is 1. The Morgan fingerprint density at radius 1 is 1.32 bits per heavy atom. The van der Waals surface area contributed by atoms with Gasteiger partial charge in [0.25, 0.3) is 0 Å². The number of rotatable bonds is 6. The van der Waals surface area contributed by atoms with Crippen LogP contribution in [-0.4, -0.2) is 29.2 Å². The fourth-order valence-electron chi connectivity index (χ4n) is 3.08. The second-order valence-electron chi connectivity index (χ2n) is 6.37. The lowest BCUT2D eigenvalue weighted by atomic mass is 9.75. The number of benzene rings is 1. The van der Waals surface area contributed by atoms with E-state index in [-0.39, 0.29) is 30.4 Å². The molecule has 132 valence electrons. The Morgan fingerprint density at radius 3 is 2.60 bits per heavy atom. The summed E-state index contributed by atoms with van der Waals surface area (Å²) >= 11 is 5.88. The van der Waals surface area contributed by atoms with E-state index < -0.39 is 0 Å². The van der Waals surface area contributed by atoms with E-state index in [9.17, 15) is 9.90 Å². The minimum atomic E-state index is -0.285. The van der Waals surface area contributed by atoms with Crippen molar-refractivity contribution in [1.82, 2.24) is 10.3 Å². The first-order chi connectivity index (χ1) is 12.0. The maximum Gasteiger partial charge on any atom is 0.224 e. The summed E-state index contributed by atoms with van der Waals surface area (Å²) in [6.07, 6.45) is 3.07. The SMILES string of the molecule is COc1ccc([C@@H](NC(=O)Cc2ccc(Cl)cc2)C2CC(O)C2)cn1. The minimum absolute atomic E-state index is 0.0652. The molecule has 0 radical (unpaired) electrons. The standard InChI is InChI=1S/C19H21ClN2O3/c1-25-18-7-4-13(11-21-18)19(14-9-16(23)10-14)22-17(24)8-12-2-5-15(20)6-3-12/h2-7,11,14,16,19,23H,8-10H2,1H3,(H,22,24)/t14?,16?,19-/m1/s1. The summed E-state index contributed by atoms with van der Waals surface area (Å²) in [6.45, 7) is 0. The molecule has 2 aromatic rings. The van der Waals surface area contributed by atoms with Gasteiger partial charge in [-0.05, 0) is 42.0 Å². The highest BCUT2D eigenvalue weighted by Crippen LogP contribution is 2.38. The predicted octanol–water partition coefficient (Wildman–Crippen LogP) is 2.91. The van der Waals surface area contributed by atoms with E-state index in [0.717, 1.165) is 11.1 Å². The summed E-state index contributed by atoms with van der Waals surface area (Å²) in [6, 6.07) is 10.8. The lowest BCUT2D eigenvalue weighted by Crippen LogP contribution is -2.41. The smallest absolute Gasteiger partial charge is 0.224 e. The Hall–Kier alpha value is -2.11. The molecule has 1 saturated carbocycles. The molecule has 1 aliphatic rings. The highest BCUT2D eigenvalue weighted by Gasteiger charge is 2.35. The second kappa shape index (κ2) is 7.85. The molecular formula is C19H21ClN2O3. The van der Waals surface area contributed by atoms with E-state index in [1.54, 1.807) is 31.5 Å². The molecule has 25 heavy (non-hydrogen) atoms. The van der Waals surface area contributed by atoms with Crippen molar-refractivity contribution in [3.63, 3.8) is 0 Å². The third kappa shape index (κ3) is 4.50. The first-order valence-electron chi connectivity index (χ1n) is 8.27. The number of hydrogen-bond acceptors (Lipinski definition) is 4. The van der Waals surface area contributed by atoms with Gasteiger partial charge in [0.15, 0.2) is 0 Å². The molecule has 0 bridgehead atoms. The largest absolute Gasteiger partial charge is 0.481 e. The normalized spacial score (nSPS) is 20.4. The number of methoxy groups -OCH3 is 1. The number of hydrogen-bond donors (Lipinski definition) is 2. The van der Waals surface area contributed by atoms with Crippen molar-refractivity contribution in [2.45, 2.75) is 31.4 Å². The van der Waals surface area contributed by atoms with Crippen LogP contribution in [0.25, 0.3) is 0 Å². The molecule has 0 unspecified atom stereocenters. The van der Waals surface area contributed by atoms with Gasteiger partial charge in [0.1, 0.15) is 0 Å². The number of halogens is 1. The maximum absolute atomic E-state index is 12.5. The fourth-order valence-corrected chi connectivity index (χ4v) is 3.21. The lowest BCUT2D eigenvalue weighted by molar-refractivity contribution is -0.122. The molecule has 1 aromatic heterocycles. The van der Waals surface area contributed by atoms with Gasteiger partial charge in [-0.15, -0.1) is 0 Å². The molecule has 3 rings (SSSR count). The Morgan fingerprint density at radius 2 is 2.04 bits per heavy atom. The molecule has 1 heterocycles. The number of nitrogens with one attached hydrogen (secondary N) is 1. The number of amides is 1. The van der Waals surface area contributed by atoms with Crippen LogP contribution in [0.2, 0.25) is 5.02 Å². The van der Waals surface area contributed by atoms with Gasteiger partial charge in [-0.2, -0.15) is 0 Å². The van der Waals surface area contributed by atoms with Crippen molar-refractivity contribution in [3.05, 3.63) is 58.7 Å². The van der Waals surface area contributed by atoms with Crippen molar-refractivity contribution < 1.29 is 14.6 Å². The average molecular weight is 361 g/mol. The molecule has 2 N–H and O–H groups in total. The third-order valence-corrected chi connectivity index (χ3v) is 4.79. The Kier molecular flexibility index (Phi) is 5.56. The Bertz CT molecular complexity index is 712. The topological polar surface area (TPSA) is 71.5 Å². The molecule has 0 aliphatic heterocycles. The van der Waals surface area contributed by atoms with Gasteiger partial charge < -0.3 is 15.2 Å². The summed E-state index contributed by atoms with van der Waals surface area (Å²) in [4.78, 5) is 16.7. The van der Waals surface area contributed by atoms with E-state index in [1.807, 2.05) is 18.2 Å². The zero-order valence-corrected chi connectivity index (χ0v) is 14.7. The van der Waals surface area contributed by atoms with E-state index >= 15 is 0 Å². The van der Waals surface area contributed by atoms with Gasteiger partial charge in [-0.25, -0.2) is 4.98 Å². The molecular weight excluding hydrogens is 340 g/mol. The van der Waals surface area contributed by atoms with Gasteiger partial charge in [0, 0.05) is 17.3 Å². The molecule has 6 heteroatoms. The van der Waals surface area contributed by atoms with Crippen LogP contribution in [0.1, 0.15) is 30.0 Å². The lowest BCUT2D eigenvalue weighted by Gasteiger charge is -2.38. The number of aromatic nitrogens is 1. The summed E-state index contributed by atoms with van der Waals surface area (Å²) < 4.78 is 5.09. The van der Waals surface area contributed by atoms with Gasteiger partial charge in [0.05, 0.1) is 25.7 Å². The van der Waals surface area contributed by atoms with E-state index in [1.165, 1.54) is 0 Å².